The molecule has 420 valence electrons. The summed E-state index contributed by atoms with van der Waals surface area (Å²) >= 11 is 5.38. The topological polar surface area (TPSA) is 270 Å². The summed E-state index contributed by atoms with van der Waals surface area (Å²) in [4.78, 5) is 123. The summed E-state index contributed by atoms with van der Waals surface area (Å²) < 4.78 is 39.8. The van der Waals surface area contributed by atoms with Gasteiger partial charge in [0, 0.05) is 12.2 Å². The minimum absolute atomic E-state index is 0.109. The molecule has 2 aromatic rings. The second kappa shape index (κ2) is 34.1. The zero-order valence-electron chi connectivity index (χ0n) is 44.6. The van der Waals surface area contributed by atoms with Gasteiger partial charge in [-0.15, -0.1) is 0 Å². The molecule has 2 aromatic heterocycles. The summed E-state index contributed by atoms with van der Waals surface area (Å²) in [5.74, 6) is -6.55. The Hall–Kier alpha value is -6.75. The first kappa shape index (κ1) is 64.5. The maximum absolute atomic E-state index is 14.4. The van der Waals surface area contributed by atoms with E-state index in [4.69, 9.17) is 9.47 Å². The van der Waals surface area contributed by atoms with Crippen LogP contribution in [0.1, 0.15) is 145 Å². The number of aromatic nitrogens is 2. The molecular formula is C54H72F2N8O11S2. The molecule has 4 rings (SSSR count). The molecule has 4 heterocycles. The molecule has 0 radical (unpaired) electrons. The van der Waals surface area contributed by atoms with Gasteiger partial charge in [-0.3, -0.25) is 33.6 Å². The van der Waals surface area contributed by atoms with Crippen molar-refractivity contribution in [3.8, 4) is 0 Å². The van der Waals surface area contributed by atoms with Gasteiger partial charge in [0.1, 0.15) is 58.7 Å². The number of carbonyl (C=O) groups excluding carboxylic acids is 9. The van der Waals surface area contributed by atoms with Gasteiger partial charge in [0.15, 0.2) is 5.12 Å². The number of carbonyl (C=O) groups is 9. The van der Waals surface area contributed by atoms with Crippen LogP contribution >= 0.6 is 24.4 Å². The Kier molecular flexibility index (Phi) is 28.6. The first-order valence-corrected chi connectivity index (χ1v) is 27.2. The average molecular weight is 1110 g/mol. The highest BCUT2D eigenvalue weighted by Crippen LogP contribution is 2.17. The molecular weight excluding hydrogens is 1040 g/mol. The normalized spacial score (nSPS) is 20.7. The summed E-state index contributed by atoms with van der Waals surface area (Å²) in [6.07, 6.45) is 14.0. The molecule has 0 saturated carbocycles. The summed E-state index contributed by atoms with van der Waals surface area (Å²) in [6.45, 7) is 11.5. The third kappa shape index (κ3) is 22.8. The Morgan fingerprint density at radius 2 is 1.12 bits per heavy atom. The lowest BCUT2D eigenvalue weighted by molar-refractivity contribution is -0.153. The van der Waals surface area contributed by atoms with Crippen molar-refractivity contribution < 1.29 is 61.4 Å². The van der Waals surface area contributed by atoms with E-state index in [1.54, 1.807) is 52.0 Å². The highest BCUT2D eigenvalue weighted by Gasteiger charge is 2.32. The number of pyridine rings is 2. The molecule has 19 nitrogen and oxygen atoms in total. The van der Waals surface area contributed by atoms with Crippen molar-refractivity contribution in [3.63, 3.8) is 0 Å². The zero-order chi connectivity index (χ0) is 57.0. The molecule has 2 aliphatic rings. The lowest BCUT2D eigenvalue weighted by Gasteiger charge is -2.24. The fraction of sp³-hybridized carbons (Fsp3) is 0.500. The molecule has 4 atom stereocenters. The molecule has 0 aliphatic carbocycles. The maximum atomic E-state index is 14.4. The molecule has 0 fully saturated rings. The second-order valence-electron chi connectivity index (χ2n) is 18.4. The number of amides is 6. The van der Waals surface area contributed by atoms with Crippen LogP contribution in [-0.4, -0.2) is 98.3 Å². The Balaban J connectivity index is 0.000000416. The molecule has 6 amide bonds. The minimum Gasteiger partial charge on any atom is -0.456 e. The van der Waals surface area contributed by atoms with E-state index in [9.17, 15) is 51.9 Å². The number of esters is 2. The molecule has 0 aromatic carbocycles. The Labute approximate surface area is 458 Å². The van der Waals surface area contributed by atoms with Gasteiger partial charge in [-0.25, -0.2) is 28.3 Å². The smallest absolute Gasteiger partial charge is 0.329 e. The molecule has 4 bridgehead atoms. The van der Waals surface area contributed by atoms with Crippen LogP contribution in [0.25, 0.3) is 0 Å². The van der Waals surface area contributed by atoms with Crippen molar-refractivity contribution in [3.05, 3.63) is 107 Å². The van der Waals surface area contributed by atoms with Crippen LogP contribution in [0.3, 0.4) is 0 Å². The van der Waals surface area contributed by atoms with Gasteiger partial charge in [-0.1, -0.05) is 96.4 Å². The van der Waals surface area contributed by atoms with Crippen molar-refractivity contribution in [2.24, 2.45) is 11.8 Å². The average Bonchev–Trinajstić information content (AvgIpc) is 3.38. The maximum Gasteiger partial charge on any atom is 0.329 e. The zero-order valence-corrected chi connectivity index (χ0v) is 46.3. The van der Waals surface area contributed by atoms with E-state index in [2.05, 4.69) is 61.4 Å². The molecule has 0 spiro atoms. The summed E-state index contributed by atoms with van der Waals surface area (Å²) in [7, 11) is 0. The van der Waals surface area contributed by atoms with Crippen molar-refractivity contribution in [2.45, 2.75) is 150 Å². The number of hydrogen-bond donors (Lipinski definition) is 7. The highest BCUT2D eigenvalue weighted by molar-refractivity contribution is 8.13. The molecule has 23 heteroatoms. The number of allylic oxidation sites excluding steroid dienone is 4. The third-order valence-electron chi connectivity index (χ3n) is 11.5. The first-order chi connectivity index (χ1) is 36.7. The van der Waals surface area contributed by atoms with Gasteiger partial charge in [-0.2, -0.15) is 12.6 Å². The summed E-state index contributed by atoms with van der Waals surface area (Å²) in [5.41, 5.74) is -0.854. The lowest BCUT2D eigenvalue weighted by Crippen LogP contribution is -2.48. The van der Waals surface area contributed by atoms with Crippen LogP contribution < -0.4 is 31.9 Å². The van der Waals surface area contributed by atoms with E-state index in [0.29, 0.717) is 30.8 Å². The van der Waals surface area contributed by atoms with Gasteiger partial charge in [0.25, 0.3) is 23.6 Å². The second-order valence-corrected chi connectivity index (χ2v) is 20.0. The number of halogens is 2. The summed E-state index contributed by atoms with van der Waals surface area (Å²) in [6, 6.07) is 2.33. The van der Waals surface area contributed by atoms with Crippen LogP contribution in [0, 0.1) is 23.5 Å². The number of rotatable bonds is 15. The summed E-state index contributed by atoms with van der Waals surface area (Å²) in [5, 5.41) is 15.2. The first-order valence-electron chi connectivity index (χ1n) is 25.6. The monoisotopic (exact) mass is 1110 g/mol. The standard InChI is InChI=1S/C31H43FN4O6S.C23H29FN4O5S/c1-5-7-8-9-10-14-27(38)43-17-12-11-13-21-18-26(37)33-19-25-22(32)15-16-24(34-25)30(40)35-23(6-2)29(39)36-28(20(3)4)31(41)42-21;1-4-16-21(30)28-20(13(2)3)23(32)33-14(7-5-6-10-34)11-19(29)25-12-18-15(24)8-9-17(26-18)22(31)27-16/h6,11,13,15-16,20-21,28H,5,7-10,12,14,17-19H2,1-4H3,(H,33,37)(H,35,40)(H,36,39);4-5,7-9,13-14,20,34H,6,10-12H2,1-3H3,(H,25,29)(H,27,31)(H,28,30)/b13-11+,23-6-;7-5+,16-4-/t21-,28+;14-,20+/m11/s1. The number of nitrogens with one attached hydrogen (secondary N) is 6. The highest BCUT2D eigenvalue weighted by atomic mass is 32.2. The Morgan fingerprint density at radius 3 is 1.53 bits per heavy atom. The number of ether oxygens (including phenoxy) is 2. The molecule has 77 heavy (non-hydrogen) atoms. The van der Waals surface area contributed by atoms with Crippen LogP contribution in [0.5, 0.6) is 0 Å². The third-order valence-corrected chi connectivity index (χ3v) is 12.7. The molecule has 6 N–H and O–H groups in total. The predicted octanol–water partition coefficient (Wildman–Crippen LogP) is 6.30. The SMILES string of the molecule is C/C=C1\NC(=O)c2ccc(F)c(n2)CNC(=O)C[C@@H](/C=C/CCS)OC(=O)[C@H](C(C)C)NC1=O.C/C=C1\NC(=O)c2ccc(F)c(n2)CNC(=O)C[C@@H](/C=C/CCSC(=O)CCCCCCC)OC(=O)[C@H](C(C)C)NC1=O. The number of thioether (sulfide) groups is 1. The minimum atomic E-state index is -1.08. The number of thiol groups is 1. The van der Waals surface area contributed by atoms with E-state index < -0.39 is 83.3 Å². The van der Waals surface area contributed by atoms with E-state index in [1.165, 1.54) is 56.3 Å². The largest absolute Gasteiger partial charge is 0.456 e. The number of unbranched alkanes of at least 4 members (excludes halogenated alkanes) is 4. The van der Waals surface area contributed by atoms with Gasteiger partial charge in [0.2, 0.25) is 11.8 Å². The van der Waals surface area contributed by atoms with Gasteiger partial charge < -0.3 is 41.4 Å². The van der Waals surface area contributed by atoms with E-state index in [1.807, 2.05) is 0 Å². The van der Waals surface area contributed by atoms with Crippen molar-refractivity contribution in [2.75, 3.05) is 11.5 Å². The Morgan fingerprint density at radius 1 is 0.675 bits per heavy atom. The van der Waals surface area contributed by atoms with Crippen molar-refractivity contribution >= 4 is 76.9 Å². The fourth-order valence-corrected chi connectivity index (χ4v) is 8.09. The number of cyclic esters (lactones) is 2. The molecule has 0 saturated heterocycles. The number of fused-ring (bicyclic) bond motifs is 4. The van der Waals surface area contributed by atoms with Crippen LogP contribution in [0.15, 0.2) is 72.1 Å². The Bertz CT molecular complexity index is 2540. The predicted molar refractivity (Wildman–Crippen MR) is 289 cm³/mol. The fourth-order valence-electron chi connectivity index (χ4n) is 7.17. The number of nitrogens with zero attached hydrogens (tertiary/aromatic N) is 2. The van der Waals surface area contributed by atoms with E-state index in [0.717, 1.165) is 37.8 Å². The van der Waals surface area contributed by atoms with Gasteiger partial charge in [0.05, 0.1) is 37.3 Å². The van der Waals surface area contributed by atoms with E-state index >= 15 is 0 Å². The van der Waals surface area contributed by atoms with Crippen LogP contribution in [0.2, 0.25) is 0 Å². The van der Waals surface area contributed by atoms with Crippen LogP contribution in [-0.2, 0) is 56.1 Å². The van der Waals surface area contributed by atoms with Gasteiger partial charge >= 0.3 is 11.9 Å². The van der Waals surface area contributed by atoms with Gasteiger partial charge in [-0.05, 0) is 87.1 Å². The molecule has 2 aliphatic heterocycles. The van der Waals surface area contributed by atoms with Crippen LogP contribution in [0.4, 0.5) is 8.78 Å². The molecule has 0 unspecified atom stereocenters. The number of hydrogen-bond acceptors (Lipinski definition) is 15. The van der Waals surface area contributed by atoms with Crippen molar-refractivity contribution in [1.29, 1.82) is 0 Å². The lowest BCUT2D eigenvalue weighted by atomic mass is 10.0. The van der Waals surface area contributed by atoms with E-state index in [-0.39, 0.29) is 77.1 Å². The quantitative estimate of drug-likeness (QED) is 0.0340. The van der Waals surface area contributed by atoms with Crippen molar-refractivity contribution in [1.82, 2.24) is 41.9 Å².